The van der Waals surface area contributed by atoms with Crippen LogP contribution in [0.25, 0.3) is 0 Å². The molecule has 0 spiro atoms. The van der Waals surface area contributed by atoms with E-state index in [-0.39, 0.29) is 25.0 Å². The van der Waals surface area contributed by atoms with Crippen molar-refractivity contribution < 1.29 is 28.6 Å². The van der Waals surface area contributed by atoms with Gasteiger partial charge in [-0.05, 0) is 33.6 Å². The van der Waals surface area contributed by atoms with Crippen LogP contribution in [0.3, 0.4) is 0 Å². The SMILES string of the molecule is CC(C)(C)OC(=O)N1CCNC(=O)[C@@H]1CC(=O)OC[C@H]1CCCO1. The second-order valence-corrected chi connectivity index (χ2v) is 7.00. The normalized spacial score (nSPS) is 24.5. The number of rotatable bonds is 4. The summed E-state index contributed by atoms with van der Waals surface area (Å²) in [5, 5.41) is 2.66. The van der Waals surface area contributed by atoms with Gasteiger partial charge in [0.05, 0.1) is 12.5 Å². The smallest absolute Gasteiger partial charge is 0.411 e. The van der Waals surface area contributed by atoms with Gasteiger partial charge < -0.3 is 19.5 Å². The second kappa shape index (κ2) is 7.83. The molecule has 8 nitrogen and oxygen atoms in total. The van der Waals surface area contributed by atoms with Gasteiger partial charge in [0.25, 0.3) is 0 Å². The van der Waals surface area contributed by atoms with Gasteiger partial charge in [-0.2, -0.15) is 0 Å². The minimum Gasteiger partial charge on any atom is -0.463 e. The Balaban J connectivity index is 1.91. The quantitative estimate of drug-likeness (QED) is 0.761. The summed E-state index contributed by atoms with van der Waals surface area (Å²) in [5.41, 5.74) is -0.671. The number of hydrogen-bond acceptors (Lipinski definition) is 6. The Kier molecular flexibility index (Phi) is 6.04. The predicted molar refractivity (Wildman–Crippen MR) is 84.3 cm³/mol. The molecular formula is C16H26N2O6. The lowest BCUT2D eigenvalue weighted by Crippen LogP contribution is -2.58. The Bertz CT molecular complexity index is 481. The van der Waals surface area contributed by atoms with Crippen molar-refractivity contribution in [2.24, 2.45) is 0 Å². The van der Waals surface area contributed by atoms with Crippen LogP contribution in [0, 0.1) is 0 Å². The van der Waals surface area contributed by atoms with Crippen LogP contribution in [-0.2, 0) is 23.8 Å². The minimum absolute atomic E-state index is 0.0731. The third-order valence-corrected chi connectivity index (χ3v) is 3.77. The monoisotopic (exact) mass is 342 g/mol. The van der Waals surface area contributed by atoms with Crippen molar-refractivity contribution in [1.29, 1.82) is 0 Å². The van der Waals surface area contributed by atoms with Crippen molar-refractivity contribution in [2.45, 2.75) is 57.8 Å². The molecule has 0 aromatic heterocycles. The van der Waals surface area contributed by atoms with E-state index in [1.54, 1.807) is 20.8 Å². The lowest BCUT2D eigenvalue weighted by atomic mass is 10.1. The van der Waals surface area contributed by atoms with Gasteiger partial charge >= 0.3 is 12.1 Å². The molecule has 0 aliphatic carbocycles. The summed E-state index contributed by atoms with van der Waals surface area (Å²) in [7, 11) is 0. The maximum Gasteiger partial charge on any atom is 0.411 e. The zero-order chi connectivity index (χ0) is 17.7. The number of amides is 2. The van der Waals surface area contributed by atoms with Crippen LogP contribution < -0.4 is 5.32 Å². The highest BCUT2D eigenvalue weighted by atomic mass is 16.6. The zero-order valence-electron chi connectivity index (χ0n) is 14.5. The number of carbonyl (C=O) groups excluding carboxylic acids is 3. The minimum atomic E-state index is -0.911. The first-order chi connectivity index (χ1) is 11.3. The molecule has 2 aliphatic rings. The summed E-state index contributed by atoms with van der Waals surface area (Å²) in [5.74, 6) is -0.901. The number of nitrogens with zero attached hydrogens (tertiary/aromatic N) is 1. The van der Waals surface area contributed by atoms with Gasteiger partial charge in [-0.15, -0.1) is 0 Å². The molecule has 2 saturated heterocycles. The molecule has 0 aromatic carbocycles. The Morgan fingerprint density at radius 1 is 1.38 bits per heavy atom. The molecule has 2 atom stereocenters. The highest BCUT2D eigenvalue weighted by Crippen LogP contribution is 2.17. The molecule has 0 unspecified atom stereocenters. The van der Waals surface area contributed by atoms with E-state index >= 15 is 0 Å². The summed E-state index contributed by atoms with van der Waals surface area (Å²) in [6, 6.07) is -0.911. The molecule has 2 heterocycles. The summed E-state index contributed by atoms with van der Waals surface area (Å²) >= 11 is 0. The Morgan fingerprint density at radius 2 is 2.12 bits per heavy atom. The van der Waals surface area contributed by atoms with Crippen LogP contribution in [0.5, 0.6) is 0 Å². The van der Waals surface area contributed by atoms with E-state index in [1.807, 2.05) is 0 Å². The highest BCUT2D eigenvalue weighted by molar-refractivity contribution is 5.90. The fourth-order valence-electron chi connectivity index (χ4n) is 2.64. The molecule has 24 heavy (non-hydrogen) atoms. The summed E-state index contributed by atoms with van der Waals surface area (Å²) in [4.78, 5) is 37.7. The van der Waals surface area contributed by atoms with Gasteiger partial charge in [0.1, 0.15) is 18.2 Å². The third-order valence-electron chi connectivity index (χ3n) is 3.77. The molecule has 136 valence electrons. The Hall–Kier alpha value is -1.83. The molecule has 0 saturated carbocycles. The van der Waals surface area contributed by atoms with E-state index in [1.165, 1.54) is 4.90 Å². The van der Waals surface area contributed by atoms with Gasteiger partial charge in [-0.1, -0.05) is 0 Å². The van der Waals surface area contributed by atoms with Gasteiger partial charge in [0.2, 0.25) is 5.91 Å². The molecule has 2 amide bonds. The topological polar surface area (TPSA) is 94.2 Å². The van der Waals surface area contributed by atoms with Gasteiger partial charge in [-0.3, -0.25) is 14.5 Å². The number of hydrogen-bond donors (Lipinski definition) is 1. The van der Waals surface area contributed by atoms with E-state index in [0.717, 1.165) is 12.8 Å². The lowest BCUT2D eigenvalue weighted by molar-refractivity contribution is -0.150. The van der Waals surface area contributed by atoms with Crippen molar-refractivity contribution in [1.82, 2.24) is 10.2 Å². The van der Waals surface area contributed by atoms with Gasteiger partial charge in [0, 0.05) is 19.7 Å². The van der Waals surface area contributed by atoms with E-state index in [0.29, 0.717) is 19.7 Å². The molecule has 0 bridgehead atoms. The number of carbonyl (C=O) groups is 3. The van der Waals surface area contributed by atoms with E-state index < -0.39 is 23.7 Å². The lowest BCUT2D eigenvalue weighted by Gasteiger charge is -2.35. The number of esters is 1. The van der Waals surface area contributed by atoms with E-state index in [4.69, 9.17) is 14.2 Å². The van der Waals surface area contributed by atoms with Crippen molar-refractivity contribution in [3.05, 3.63) is 0 Å². The Labute approximate surface area is 141 Å². The first-order valence-electron chi connectivity index (χ1n) is 8.31. The molecule has 2 rings (SSSR count). The summed E-state index contributed by atoms with van der Waals surface area (Å²) in [6.45, 7) is 6.74. The Morgan fingerprint density at radius 3 is 2.75 bits per heavy atom. The standard InChI is InChI=1S/C16H26N2O6/c1-16(2,3)24-15(21)18-7-6-17-14(20)12(18)9-13(19)23-10-11-5-4-8-22-11/h11-12H,4-10H2,1-3H3,(H,17,20)/t11-,12+/m1/s1. The van der Waals surface area contributed by atoms with Gasteiger partial charge in [-0.25, -0.2) is 4.79 Å². The van der Waals surface area contributed by atoms with Crippen LogP contribution in [0.15, 0.2) is 0 Å². The highest BCUT2D eigenvalue weighted by Gasteiger charge is 2.37. The average Bonchev–Trinajstić information content (AvgIpc) is 2.98. The molecule has 8 heteroatoms. The molecule has 1 N–H and O–H groups in total. The average molecular weight is 342 g/mol. The van der Waals surface area contributed by atoms with Crippen LogP contribution in [0.4, 0.5) is 4.79 Å². The predicted octanol–water partition coefficient (Wildman–Crippen LogP) is 0.834. The maximum absolute atomic E-state index is 12.3. The number of ether oxygens (including phenoxy) is 3. The second-order valence-electron chi connectivity index (χ2n) is 7.00. The first-order valence-corrected chi connectivity index (χ1v) is 8.31. The van der Waals surface area contributed by atoms with Crippen LogP contribution in [-0.4, -0.2) is 66.9 Å². The molecule has 2 fully saturated rings. The van der Waals surface area contributed by atoms with E-state index in [2.05, 4.69) is 5.32 Å². The first kappa shape index (κ1) is 18.5. The fourth-order valence-corrected chi connectivity index (χ4v) is 2.64. The zero-order valence-corrected chi connectivity index (χ0v) is 14.5. The van der Waals surface area contributed by atoms with Gasteiger partial charge in [0.15, 0.2) is 0 Å². The van der Waals surface area contributed by atoms with Crippen LogP contribution in [0.2, 0.25) is 0 Å². The van der Waals surface area contributed by atoms with Crippen molar-refractivity contribution >= 4 is 18.0 Å². The van der Waals surface area contributed by atoms with Crippen molar-refractivity contribution in [3.63, 3.8) is 0 Å². The molecule has 0 radical (unpaired) electrons. The summed E-state index contributed by atoms with van der Waals surface area (Å²) in [6.07, 6.45) is 0.948. The fraction of sp³-hybridized carbons (Fsp3) is 0.812. The number of nitrogens with one attached hydrogen (secondary N) is 1. The van der Waals surface area contributed by atoms with Crippen LogP contribution >= 0.6 is 0 Å². The summed E-state index contributed by atoms with van der Waals surface area (Å²) < 4.78 is 15.9. The number of piperazine rings is 1. The largest absolute Gasteiger partial charge is 0.463 e. The maximum atomic E-state index is 12.3. The molecule has 0 aromatic rings. The molecular weight excluding hydrogens is 316 g/mol. The van der Waals surface area contributed by atoms with E-state index in [9.17, 15) is 14.4 Å². The van der Waals surface area contributed by atoms with Crippen molar-refractivity contribution in [3.8, 4) is 0 Å². The molecule has 2 aliphatic heterocycles. The van der Waals surface area contributed by atoms with Crippen LogP contribution in [0.1, 0.15) is 40.0 Å². The third kappa shape index (κ3) is 5.36. The van der Waals surface area contributed by atoms with Crippen molar-refractivity contribution in [2.75, 3.05) is 26.3 Å².